The van der Waals surface area contributed by atoms with Gasteiger partial charge in [0.2, 0.25) is 0 Å². The van der Waals surface area contributed by atoms with Crippen LogP contribution in [-0.4, -0.2) is 57.7 Å². The molecule has 2 saturated heterocycles. The molecule has 112 valence electrons. The molecule has 4 rings (SSSR count). The number of aromatic nitrogens is 1. The zero-order valence-corrected chi connectivity index (χ0v) is 12.5. The van der Waals surface area contributed by atoms with Gasteiger partial charge < -0.3 is 10.1 Å². The van der Waals surface area contributed by atoms with Crippen LogP contribution in [0.3, 0.4) is 0 Å². The van der Waals surface area contributed by atoms with E-state index in [4.69, 9.17) is 0 Å². The molecule has 0 radical (unpaired) electrons. The Morgan fingerprint density at radius 1 is 1.24 bits per heavy atom. The van der Waals surface area contributed by atoms with Gasteiger partial charge in [-0.2, -0.15) is 0 Å². The third kappa shape index (κ3) is 2.37. The third-order valence-corrected chi connectivity index (χ3v) is 5.12. The molecule has 2 fully saturated rings. The highest BCUT2D eigenvalue weighted by Gasteiger charge is 2.38. The van der Waals surface area contributed by atoms with Crippen LogP contribution < -0.4 is 0 Å². The number of piperazine rings is 1. The molecule has 3 atom stereocenters. The highest BCUT2D eigenvalue weighted by molar-refractivity contribution is 5.82. The molecule has 2 aromatic rings. The summed E-state index contributed by atoms with van der Waals surface area (Å²) >= 11 is 0. The molecule has 3 heterocycles. The molecule has 2 aliphatic rings. The molecular formula is C17H23N3O. The summed E-state index contributed by atoms with van der Waals surface area (Å²) in [5.74, 6) is 0. The smallest absolute Gasteiger partial charge is 0.0682 e. The van der Waals surface area contributed by atoms with Gasteiger partial charge >= 0.3 is 0 Å². The number of aliphatic hydroxyl groups excluding tert-OH is 1. The summed E-state index contributed by atoms with van der Waals surface area (Å²) in [7, 11) is 0. The second kappa shape index (κ2) is 5.13. The fourth-order valence-electron chi connectivity index (χ4n) is 3.98. The van der Waals surface area contributed by atoms with Crippen molar-refractivity contribution in [1.82, 2.24) is 14.8 Å². The summed E-state index contributed by atoms with van der Waals surface area (Å²) in [6, 6.07) is 9.58. The number of aromatic amines is 1. The van der Waals surface area contributed by atoms with Gasteiger partial charge in [-0.05, 0) is 25.0 Å². The first-order valence-corrected chi connectivity index (χ1v) is 7.92. The summed E-state index contributed by atoms with van der Waals surface area (Å²) in [5.41, 5.74) is 2.60. The van der Waals surface area contributed by atoms with Crippen molar-refractivity contribution in [3.63, 3.8) is 0 Å². The van der Waals surface area contributed by atoms with Gasteiger partial charge in [0.1, 0.15) is 0 Å². The molecule has 4 nitrogen and oxygen atoms in total. The number of H-pyrrole nitrogens is 1. The van der Waals surface area contributed by atoms with E-state index < -0.39 is 0 Å². The van der Waals surface area contributed by atoms with E-state index in [9.17, 15) is 5.11 Å². The monoisotopic (exact) mass is 285 g/mol. The Hall–Kier alpha value is -1.36. The largest absolute Gasteiger partial charge is 0.392 e. The first kappa shape index (κ1) is 13.3. The second-order valence-electron chi connectivity index (χ2n) is 6.64. The maximum atomic E-state index is 9.87. The van der Waals surface area contributed by atoms with Gasteiger partial charge in [-0.15, -0.1) is 0 Å². The summed E-state index contributed by atoms with van der Waals surface area (Å²) in [4.78, 5) is 8.39. The normalized spacial score (nSPS) is 30.9. The van der Waals surface area contributed by atoms with Crippen molar-refractivity contribution in [3.05, 3.63) is 36.0 Å². The van der Waals surface area contributed by atoms with Crippen molar-refractivity contribution in [1.29, 1.82) is 0 Å². The SMILES string of the molecule is C[C@@H]1CN2C[C@H](O)CC2CN1Cc1c[nH]c2ccccc12. The summed E-state index contributed by atoms with van der Waals surface area (Å²) in [6.07, 6.45) is 2.94. The van der Waals surface area contributed by atoms with Crippen LogP contribution in [0.5, 0.6) is 0 Å². The number of hydrogen-bond donors (Lipinski definition) is 2. The van der Waals surface area contributed by atoms with E-state index in [0.717, 1.165) is 32.6 Å². The maximum absolute atomic E-state index is 9.87. The van der Waals surface area contributed by atoms with Crippen LogP contribution in [0.4, 0.5) is 0 Å². The van der Waals surface area contributed by atoms with Crippen molar-refractivity contribution in [3.8, 4) is 0 Å². The van der Waals surface area contributed by atoms with Gasteiger partial charge in [0.25, 0.3) is 0 Å². The van der Waals surface area contributed by atoms with Gasteiger partial charge in [0, 0.05) is 55.4 Å². The van der Waals surface area contributed by atoms with Crippen molar-refractivity contribution in [2.45, 2.75) is 38.1 Å². The van der Waals surface area contributed by atoms with Gasteiger partial charge in [-0.3, -0.25) is 9.80 Å². The maximum Gasteiger partial charge on any atom is 0.0682 e. The Morgan fingerprint density at radius 3 is 3.00 bits per heavy atom. The first-order chi connectivity index (χ1) is 10.2. The second-order valence-corrected chi connectivity index (χ2v) is 6.64. The minimum absolute atomic E-state index is 0.129. The Morgan fingerprint density at radius 2 is 2.10 bits per heavy atom. The van der Waals surface area contributed by atoms with Crippen LogP contribution in [0.15, 0.2) is 30.5 Å². The summed E-state index contributed by atoms with van der Waals surface area (Å²) in [6.45, 7) is 6.29. The zero-order chi connectivity index (χ0) is 14.4. The third-order valence-electron chi connectivity index (χ3n) is 5.12. The van der Waals surface area contributed by atoms with Gasteiger partial charge in [0.05, 0.1) is 6.10 Å². The topological polar surface area (TPSA) is 42.5 Å². The lowest BCUT2D eigenvalue weighted by atomic mass is 10.1. The van der Waals surface area contributed by atoms with Crippen LogP contribution in [0, 0.1) is 0 Å². The first-order valence-electron chi connectivity index (χ1n) is 7.92. The van der Waals surface area contributed by atoms with Crippen LogP contribution in [0.2, 0.25) is 0 Å². The van der Waals surface area contributed by atoms with Crippen LogP contribution >= 0.6 is 0 Å². The van der Waals surface area contributed by atoms with Crippen molar-refractivity contribution < 1.29 is 5.11 Å². The van der Waals surface area contributed by atoms with E-state index in [2.05, 4.69) is 52.2 Å². The molecule has 1 aromatic heterocycles. The Kier molecular flexibility index (Phi) is 3.25. The fraction of sp³-hybridized carbons (Fsp3) is 0.529. The van der Waals surface area contributed by atoms with Crippen LogP contribution in [-0.2, 0) is 6.54 Å². The van der Waals surface area contributed by atoms with E-state index >= 15 is 0 Å². The van der Waals surface area contributed by atoms with E-state index in [-0.39, 0.29) is 6.10 Å². The molecule has 21 heavy (non-hydrogen) atoms. The molecule has 1 unspecified atom stereocenters. The van der Waals surface area contributed by atoms with Crippen LogP contribution in [0.1, 0.15) is 18.9 Å². The molecule has 4 heteroatoms. The Bertz CT molecular complexity index is 638. The zero-order valence-electron chi connectivity index (χ0n) is 12.5. The summed E-state index contributed by atoms with van der Waals surface area (Å²) in [5, 5.41) is 11.2. The minimum Gasteiger partial charge on any atom is -0.392 e. The lowest BCUT2D eigenvalue weighted by Crippen LogP contribution is -2.54. The highest BCUT2D eigenvalue weighted by Crippen LogP contribution is 2.27. The van der Waals surface area contributed by atoms with E-state index in [1.807, 2.05) is 0 Å². The Labute approximate surface area is 125 Å². The number of nitrogens with zero attached hydrogens (tertiary/aromatic N) is 2. The average Bonchev–Trinajstić information content (AvgIpc) is 3.02. The number of aliphatic hydroxyl groups is 1. The molecule has 0 bridgehead atoms. The number of benzene rings is 1. The van der Waals surface area contributed by atoms with Gasteiger partial charge in [-0.1, -0.05) is 18.2 Å². The van der Waals surface area contributed by atoms with Crippen LogP contribution in [0.25, 0.3) is 10.9 Å². The molecule has 0 aliphatic carbocycles. The van der Waals surface area contributed by atoms with Crippen molar-refractivity contribution in [2.24, 2.45) is 0 Å². The molecule has 0 amide bonds. The van der Waals surface area contributed by atoms with E-state index in [1.54, 1.807) is 0 Å². The number of para-hydroxylation sites is 1. The molecule has 2 aliphatic heterocycles. The van der Waals surface area contributed by atoms with Gasteiger partial charge in [-0.25, -0.2) is 0 Å². The summed E-state index contributed by atoms with van der Waals surface area (Å²) < 4.78 is 0. The standard InChI is InChI=1S/C17H23N3O/c1-12-8-20-11-15(21)6-14(20)10-19(12)9-13-7-18-17-5-3-2-4-16(13)17/h2-5,7,12,14-15,18,21H,6,8-11H2,1H3/t12-,14?,15-/m1/s1. The average molecular weight is 285 g/mol. The predicted octanol–water partition coefficient (Wildman–Crippen LogP) is 1.81. The number of nitrogens with one attached hydrogen (secondary N) is 1. The predicted molar refractivity (Wildman–Crippen MR) is 84.2 cm³/mol. The molecule has 0 saturated carbocycles. The van der Waals surface area contributed by atoms with Crippen molar-refractivity contribution in [2.75, 3.05) is 19.6 Å². The number of fused-ring (bicyclic) bond motifs is 2. The molecule has 1 aromatic carbocycles. The molecule has 2 N–H and O–H groups in total. The number of rotatable bonds is 2. The van der Waals surface area contributed by atoms with E-state index in [1.165, 1.54) is 16.5 Å². The van der Waals surface area contributed by atoms with Crippen molar-refractivity contribution >= 4 is 10.9 Å². The Balaban J connectivity index is 1.54. The highest BCUT2D eigenvalue weighted by atomic mass is 16.3. The lowest BCUT2D eigenvalue weighted by Gasteiger charge is -2.42. The van der Waals surface area contributed by atoms with Gasteiger partial charge in [0.15, 0.2) is 0 Å². The molecular weight excluding hydrogens is 262 g/mol. The lowest BCUT2D eigenvalue weighted by molar-refractivity contribution is 0.0531. The minimum atomic E-state index is -0.129. The fourth-order valence-corrected chi connectivity index (χ4v) is 3.98. The quantitative estimate of drug-likeness (QED) is 0.884. The van der Waals surface area contributed by atoms with E-state index in [0.29, 0.717) is 12.1 Å². The number of hydrogen-bond acceptors (Lipinski definition) is 3. The molecule has 0 spiro atoms.